The van der Waals surface area contributed by atoms with E-state index in [0.29, 0.717) is 0 Å². The summed E-state index contributed by atoms with van der Waals surface area (Å²) in [6.45, 7) is 2.27. The molecule has 3 heteroatoms. The molecule has 0 unspecified atom stereocenters. The molecule has 2 N–H and O–H groups in total. The maximum absolute atomic E-state index is 11.2. The van der Waals surface area contributed by atoms with Gasteiger partial charge in [0.15, 0.2) is 0 Å². The number of phenols is 1. The minimum atomic E-state index is -1.04. The van der Waals surface area contributed by atoms with Gasteiger partial charge in [0.05, 0.1) is 0 Å². The molecule has 0 spiro atoms. The number of rotatable bonds is 17. The Morgan fingerprint density at radius 1 is 0.741 bits per heavy atom. The highest BCUT2D eigenvalue weighted by Crippen LogP contribution is 2.23. The first-order chi connectivity index (χ1) is 13.2. The van der Waals surface area contributed by atoms with Crippen LogP contribution in [0.3, 0.4) is 0 Å². The van der Waals surface area contributed by atoms with Crippen LogP contribution in [-0.2, 0) is 6.42 Å². The number of benzene rings is 1. The first-order valence-corrected chi connectivity index (χ1v) is 11.2. The molecule has 0 radical (unpaired) electrons. The topological polar surface area (TPSA) is 57.5 Å². The van der Waals surface area contributed by atoms with Crippen molar-refractivity contribution < 1.29 is 15.0 Å². The third-order valence-electron chi connectivity index (χ3n) is 5.39. The highest BCUT2D eigenvalue weighted by Gasteiger charge is 2.14. The number of hydrogen-bond donors (Lipinski definition) is 2. The van der Waals surface area contributed by atoms with Crippen LogP contribution in [0, 0.1) is 0 Å². The number of carbonyl (C=O) groups is 1. The predicted octanol–water partition coefficient (Wildman–Crippen LogP) is 7.50. The monoisotopic (exact) mass is 376 g/mol. The van der Waals surface area contributed by atoms with Crippen LogP contribution in [0.1, 0.15) is 119 Å². The van der Waals surface area contributed by atoms with Crippen molar-refractivity contribution >= 4 is 5.97 Å². The molecule has 1 rings (SSSR count). The second-order valence-electron chi connectivity index (χ2n) is 7.82. The zero-order valence-electron chi connectivity index (χ0n) is 17.3. The lowest BCUT2D eigenvalue weighted by atomic mass is 9.99. The number of aryl methyl sites for hydroxylation is 1. The molecule has 0 saturated carbocycles. The Labute approximate surface area is 166 Å². The highest BCUT2D eigenvalue weighted by molar-refractivity contribution is 5.92. The Kier molecular flexibility index (Phi) is 13.5. The number of aromatic carboxylic acids is 1. The minimum absolute atomic E-state index is 0.0721. The lowest BCUT2D eigenvalue weighted by molar-refractivity contribution is 0.0692. The Morgan fingerprint density at radius 3 is 1.63 bits per heavy atom. The second kappa shape index (κ2) is 15.5. The zero-order chi connectivity index (χ0) is 19.7. The summed E-state index contributed by atoms with van der Waals surface area (Å²) >= 11 is 0. The van der Waals surface area contributed by atoms with Crippen LogP contribution >= 0.6 is 0 Å². The summed E-state index contributed by atoms with van der Waals surface area (Å²) < 4.78 is 0. The van der Waals surface area contributed by atoms with E-state index in [0.717, 1.165) is 24.8 Å². The second-order valence-corrected chi connectivity index (χ2v) is 7.82. The van der Waals surface area contributed by atoms with Crippen LogP contribution in [0.4, 0.5) is 0 Å². The third-order valence-corrected chi connectivity index (χ3v) is 5.39. The van der Waals surface area contributed by atoms with Gasteiger partial charge < -0.3 is 10.2 Å². The molecule has 1 aromatic carbocycles. The molecule has 0 aromatic heterocycles. The summed E-state index contributed by atoms with van der Waals surface area (Å²) in [7, 11) is 0. The van der Waals surface area contributed by atoms with E-state index in [2.05, 4.69) is 6.92 Å². The molecule has 0 fully saturated rings. The Hall–Kier alpha value is -1.51. The van der Waals surface area contributed by atoms with E-state index in [-0.39, 0.29) is 11.3 Å². The smallest absolute Gasteiger partial charge is 0.339 e. The van der Waals surface area contributed by atoms with Crippen LogP contribution < -0.4 is 0 Å². The van der Waals surface area contributed by atoms with Gasteiger partial charge in [-0.1, -0.05) is 109 Å². The van der Waals surface area contributed by atoms with Gasteiger partial charge in [0.2, 0.25) is 0 Å². The van der Waals surface area contributed by atoms with Gasteiger partial charge in [-0.2, -0.15) is 0 Å². The van der Waals surface area contributed by atoms with Crippen molar-refractivity contribution in [1.82, 2.24) is 0 Å². The standard InChI is InChI=1S/C24H40O3/c1-2-3-4-5-6-7-8-9-10-11-12-13-14-15-16-18-21-19-17-20-22(25)23(21)24(26)27/h17,19-20,25H,2-16,18H2,1H3,(H,26,27). The van der Waals surface area contributed by atoms with E-state index < -0.39 is 5.97 Å². The van der Waals surface area contributed by atoms with E-state index in [4.69, 9.17) is 0 Å². The minimum Gasteiger partial charge on any atom is -0.507 e. The van der Waals surface area contributed by atoms with E-state index in [1.54, 1.807) is 6.07 Å². The highest BCUT2D eigenvalue weighted by atomic mass is 16.4. The van der Waals surface area contributed by atoms with Crippen LogP contribution in [-0.4, -0.2) is 16.2 Å². The lowest BCUT2D eigenvalue weighted by Crippen LogP contribution is -2.03. The van der Waals surface area contributed by atoms with E-state index in [9.17, 15) is 15.0 Å². The Bertz CT molecular complexity index is 510. The van der Waals surface area contributed by atoms with E-state index >= 15 is 0 Å². The van der Waals surface area contributed by atoms with Gasteiger partial charge in [-0.3, -0.25) is 0 Å². The first-order valence-electron chi connectivity index (χ1n) is 11.2. The number of unbranched alkanes of at least 4 members (excludes halogenated alkanes) is 14. The van der Waals surface area contributed by atoms with Crippen molar-refractivity contribution in [1.29, 1.82) is 0 Å². The molecule has 0 bridgehead atoms. The SMILES string of the molecule is CCCCCCCCCCCCCCCCCc1cccc(O)c1C(=O)O. The Morgan fingerprint density at radius 2 is 1.19 bits per heavy atom. The molecule has 154 valence electrons. The average Bonchev–Trinajstić information content (AvgIpc) is 2.64. The van der Waals surface area contributed by atoms with Gasteiger partial charge in [0, 0.05) is 0 Å². The van der Waals surface area contributed by atoms with Crippen molar-refractivity contribution in [3.05, 3.63) is 29.3 Å². The van der Waals surface area contributed by atoms with Gasteiger partial charge >= 0.3 is 5.97 Å². The maximum Gasteiger partial charge on any atom is 0.339 e. The first kappa shape index (κ1) is 23.5. The molecule has 1 aromatic rings. The lowest BCUT2D eigenvalue weighted by Gasteiger charge is -2.08. The van der Waals surface area contributed by atoms with Crippen molar-refractivity contribution in [2.45, 2.75) is 110 Å². The number of carboxylic acids is 1. The molecule has 0 aliphatic rings. The molecule has 0 saturated heterocycles. The van der Waals surface area contributed by atoms with Crippen LogP contribution in [0.2, 0.25) is 0 Å². The molecule has 3 nitrogen and oxygen atoms in total. The van der Waals surface area contributed by atoms with E-state index in [1.165, 1.54) is 89.5 Å². The van der Waals surface area contributed by atoms with Gasteiger partial charge in [0.25, 0.3) is 0 Å². The molecule has 0 aliphatic carbocycles. The summed E-state index contributed by atoms with van der Waals surface area (Å²) in [6, 6.07) is 4.98. The zero-order valence-corrected chi connectivity index (χ0v) is 17.3. The van der Waals surface area contributed by atoms with E-state index in [1.807, 2.05) is 6.07 Å². The molecule has 0 heterocycles. The number of hydrogen-bond acceptors (Lipinski definition) is 2. The molecule has 0 aliphatic heterocycles. The molecular weight excluding hydrogens is 336 g/mol. The summed E-state index contributed by atoms with van der Waals surface area (Å²) in [5.41, 5.74) is 0.819. The summed E-state index contributed by atoms with van der Waals surface area (Å²) in [5.74, 6) is -1.16. The van der Waals surface area contributed by atoms with Gasteiger partial charge in [-0.15, -0.1) is 0 Å². The van der Waals surface area contributed by atoms with Crippen molar-refractivity contribution in [2.24, 2.45) is 0 Å². The third kappa shape index (κ3) is 11.0. The molecular formula is C24H40O3. The average molecular weight is 377 g/mol. The largest absolute Gasteiger partial charge is 0.507 e. The molecule has 27 heavy (non-hydrogen) atoms. The summed E-state index contributed by atoms with van der Waals surface area (Å²) in [6.07, 6.45) is 20.6. The van der Waals surface area contributed by atoms with Crippen molar-refractivity contribution in [3.8, 4) is 5.75 Å². The molecule has 0 amide bonds. The van der Waals surface area contributed by atoms with Gasteiger partial charge in [-0.05, 0) is 24.5 Å². The fraction of sp³-hybridized carbons (Fsp3) is 0.708. The maximum atomic E-state index is 11.2. The fourth-order valence-electron chi connectivity index (χ4n) is 3.73. The normalized spacial score (nSPS) is 11.0. The van der Waals surface area contributed by atoms with Gasteiger partial charge in [-0.25, -0.2) is 4.79 Å². The summed E-state index contributed by atoms with van der Waals surface area (Å²) in [4.78, 5) is 11.2. The molecule has 0 atom stereocenters. The Balaban J connectivity index is 1.94. The number of aromatic hydroxyl groups is 1. The number of carboxylic acid groups (broad SMARTS) is 1. The summed E-state index contributed by atoms with van der Waals surface area (Å²) in [5, 5.41) is 18.9. The van der Waals surface area contributed by atoms with Crippen molar-refractivity contribution in [2.75, 3.05) is 0 Å². The van der Waals surface area contributed by atoms with Crippen molar-refractivity contribution in [3.63, 3.8) is 0 Å². The predicted molar refractivity (Wildman–Crippen MR) is 114 cm³/mol. The fourth-order valence-corrected chi connectivity index (χ4v) is 3.73. The van der Waals surface area contributed by atoms with Crippen LogP contribution in [0.25, 0.3) is 0 Å². The van der Waals surface area contributed by atoms with Crippen LogP contribution in [0.15, 0.2) is 18.2 Å². The van der Waals surface area contributed by atoms with Gasteiger partial charge in [0.1, 0.15) is 11.3 Å². The van der Waals surface area contributed by atoms with Crippen LogP contribution in [0.5, 0.6) is 5.75 Å². The quantitative estimate of drug-likeness (QED) is 0.277.